The van der Waals surface area contributed by atoms with E-state index < -0.39 is 5.97 Å². The molecule has 1 fully saturated rings. The van der Waals surface area contributed by atoms with Crippen molar-refractivity contribution in [3.8, 4) is 0 Å². The van der Waals surface area contributed by atoms with Gasteiger partial charge in [-0.3, -0.25) is 9.59 Å². The molecule has 9 heavy (non-hydrogen) atoms. The highest BCUT2D eigenvalue weighted by atomic mass is 16.5. The van der Waals surface area contributed by atoms with Crippen LogP contribution in [0.4, 0.5) is 0 Å². The van der Waals surface area contributed by atoms with Crippen LogP contribution in [0.2, 0.25) is 0 Å². The lowest BCUT2D eigenvalue weighted by molar-refractivity contribution is -0.135. The lowest BCUT2D eigenvalue weighted by atomic mass is 10.3. The summed E-state index contributed by atoms with van der Waals surface area (Å²) >= 11 is 0. The van der Waals surface area contributed by atoms with Crippen molar-refractivity contribution in [2.75, 3.05) is 0 Å². The second kappa shape index (κ2) is 2.01. The van der Waals surface area contributed by atoms with Gasteiger partial charge in [0.1, 0.15) is 6.42 Å². The molecule has 3 nitrogen and oxygen atoms in total. The molecule has 1 heterocycles. The number of rotatable bonds is 0. The Labute approximate surface area is 52.3 Å². The molecule has 0 aromatic carbocycles. The molecule has 0 aromatic rings. The maximum Gasteiger partial charge on any atom is 0.319 e. The fourth-order valence-corrected chi connectivity index (χ4v) is 0.654. The van der Waals surface area contributed by atoms with Gasteiger partial charge in [0.15, 0.2) is 5.76 Å². The predicted molar refractivity (Wildman–Crippen MR) is 29.5 cm³/mol. The topological polar surface area (TPSA) is 43.4 Å². The normalized spacial score (nSPS) is 23.0. The molecule has 0 N–H and O–H groups in total. The van der Waals surface area contributed by atoms with Gasteiger partial charge in [0.05, 0.1) is 0 Å². The smallest absolute Gasteiger partial charge is 0.319 e. The summed E-state index contributed by atoms with van der Waals surface area (Å²) < 4.78 is 4.50. The van der Waals surface area contributed by atoms with Gasteiger partial charge in [-0.05, 0) is 13.0 Å². The molecule has 0 spiro atoms. The molecular formula is C6H6O3. The van der Waals surface area contributed by atoms with Crippen molar-refractivity contribution in [3.05, 3.63) is 11.8 Å². The largest absolute Gasteiger partial charge is 0.423 e. The quantitative estimate of drug-likeness (QED) is 0.268. The van der Waals surface area contributed by atoms with Crippen LogP contribution < -0.4 is 0 Å². The van der Waals surface area contributed by atoms with Gasteiger partial charge in [-0.2, -0.15) is 0 Å². The first-order valence-electron chi connectivity index (χ1n) is 2.64. The predicted octanol–water partition coefficient (Wildman–Crippen LogP) is 0.406. The van der Waals surface area contributed by atoms with E-state index in [2.05, 4.69) is 4.74 Å². The zero-order chi connectivity index (χ0) is 6.85. The van der Waals surface area contributed by atoms with Crippen LogP contribution in [0.1, 0.15) is 13.3 Å². The molecule has 1 aliphatic rings. The number of ether oxygens (including phenoxy) is 1. The minimum absolute atomic E-state index is 0.0975. The van der Waals surface area contributed by atoms with Crippen LogP contribution in [0.5, 0.6) is 0 Å². The van der Waals surface area contributed by atoms with E-state index in [0.717, 1.165) is 0 Å². The van der Waals surface area contributed by atoms with Crippen LogP contribution in [-0.4, -0.2) is 11.8 Å². The maximum absolute atomic E-state index is 10.6. The van der Waals surface area contributed by atoms with Crippen molar-refractivity contribution in [2.24, 2.45) is 0 Å². The second-order valence-electron chi connectivity index (χ2n) is 1.73. The van der Waals surface area contributed by atoms with E-state index in [0.29, 0.717) is 0 Å². The third-order valence-corrected chi connectivity index (χ3v) is 1.07. The minimum atomic E-state index is -0.451. The van der Waals surface area contributed by atoms with Crippen LogP contribution in [0.3, 0.4) is 0 Å². The number of esters is 1. The first kappa shape index (κ1) is 6.01. The Hall–Kier alpha value is -1.12. The van der Waals surface area contributed by atoms with E-state index in [1.165, 1.54) is 6.08 Å². The van der Waals surface area contributed by atoms with Gasteiger partial charge in [-0.25, -0.2) is 0 Å². The molecule has 0 aromatic heterocycles. The summed E-state index contributed by atoms with van der Waals surface area (Å²) in [5, 5.41) is 0. The highest BCUT2D eigenvalue weighted by molar-refractivity contribution is 6.10. The molecule has 0 aliphatic carbocycles. The molecule has 0 amide bonds. The Morgan fingerprint density at radius 3 is 2.44 bits per heavy atom. The first-order valence-corrected chi connectivity index (χ1v) is 2.64. The zero-order valence-electron chi connectivity index (χ0n) is 5.01. The van der Waals surface area contributed by atoms with Gasteiger partial charge in [0.25, 0.3) is 0 Å². The Kier molecular flexibility index (Phi) is 1.34. The average Bonchev–Trinajstić information content (AvgIpc) is 2.10. The third-order valence-electron chi connectivity index (χ3n) is 1.07. The summed E-state index contributed by atoms with van der Waals surface area (Å²) in [5.41, 5.74) is 0. The molecule has 0 saturated carbocycles. The fourth-order valence-electron chi connectivity index (χ4n) is 0.654. The number of hydrogen-bond acceptors (Lipinski definition) is 3. The Morgan fingerprint density at radius 1 is 1.56 bits per heavy atom. The Bertz CT molecular complexity index is 190. The molecule has 1 saturated heterocycles. The third kappa shape index (κ3) is 0.988. The van der Waals surface area contributed by atoms with E-state index in [9.17, 15) is 9.59 Å². The van der Waals surface area contributed by atoms with E-state index in [1.54, 1.807) is 6.92 Å². The Balaban J connectivity index is 2.81. The van der Waals surface area contributed by atoms with Crippen molar-refractivity contribution in [2.45, 2.75) is 13.3 Å². The number of Topliss-reactive ketones (excluding diaryl/α,β-unsaturated/α-hetero) is 1. The lowest BCUT2D eigenvalue weighted by Crippen LogP contribution is -1.90. The molecule has 0 atom stereocenters. The van der Waals surface area contributed by atoms with Crippen molar-refractivity contribution in [1.29, 1.82) is 0 Å². The van der Waals surface area contributed by atoms with Gasteiger partial charge < -0.3 is 4.74 Å². The van der Waals surface area contributed by atoms with Gasteiger partial charge in [0.2, 0.25) is 5.78 Å². The van der Waals surface area contributed by atoms with Gasteiger partial charge in [-0.1, -0.05) is 0 Å². The number of carbonyl (C=O) groups is 2. The van der Waals surface area contributed by atoms with Crippen LogP contribution in [-0.2, 0) is 14.3 Å². The Morgan fingerprint density at radius 2 is 2.22 bits per heavy atom. The van der Waals surface area contributed by atoms with Gasteiger partial charge >= 0.3 is 5.97 Å². The van der Waals surface area contributed by atoms with Crippen molar-refractivity contribution >= 4 is 11.8 Å². The number of cyclic esters (lactones) is 1. The number of carbonyl (C=O) groups excluding carboxylic acids is 2. The van der Waals surface area contributed by atoms with Gasteiger partial charge in [0, 0.05) is 0 Å². The SMILES string of the molecule is CC=C1OC(=O)CC1=O. The zero-order valence-corrected chi connectivity index (χ0v) is 5.01. The van der Waals surface area contributed by atoms with Crippen LogP contribution in [0.25, 0.3) is 0 Å². The molecule has 0 radical (unpaired) electrons. The van der Waals surface area contributed by atoms with Crippen LogP contribution in [0, 0.1) is 0 Å². The standard InChI is InChI=1S/C6H6O3/c1-2-5-4(7)3-6(8)9-5/h2H,3H2,1H3. The summed E-state index contributed by atoms with van der Waals surface area (Å²) in [6.45, 7) is 1.66. The summed E-state index contributed by atoms with van der Waals surface area (Å²) in [4.78, 5) is 20.9. The maximum atomic E-state index is 10.6. The average molecular weight is 126 g/mol. The molecular weight excluding hydrogens is 120 g/mol. The van der Waals surface area contributed by atoms with Gasteiger partial charge in [-0.15, -0.1) is 0 Å². The summed E-state index contributed by atoms with van der Waals surface area (Å²) in [7, 11) is 0. The number of hydrogen-bond donors (Lipinski definition) is 0. The van der Waals surface area contributed by atoms with Crippen molar-refractivity contribution in [3.63, 3.8) is 0 Å². The second-order valence-corrected chi connectivity index (χ2v) is 1.73. The number of ketones is 1. The van der Waals surface area contributed by atoms with Crippen molar-refractivity contribution in [1.82, 2.24) is 0 Å². The summed E-state index contributed by atoms with van der Waals surface area (Å²) in [5.74, 6) is -0.490. The highest BCUT2D eigenvalue weighted by Gasteiger charge is 2.25. The minimum Gasteiger partial charge on any atom is -0.423 e. The van der Waals surface area contributed by atoms with E-state index in [-0.39, 0.29) is 18.0 Å². The van der Waals surface area contributed by atoms with E-state index in [1.807, 2.05) is 0 Å². The molecule has 48 valence electrons. The first-order chi connectivity index (χ1) is 4.24. The molecule has 1 rings (SSSR count). The molecule has 1 aliphatic heterocycles. The summed E-state index contributed by atoms with van der Waals surface area (Å²) in [6, 6.07) is 0. The molecule has 0 unspecified atom stereocenters. The van der Waals surface area contributed by atoms with Crippen LogP contribution >= 0.6 is 0 Å². The van der Waals surface area contributed by atoms with Crippen molar-refractivity contribution < 1.29 is 14.3 Å². The summed E-state index contributed by atoms with van der Waals surface area (Å²) in [6.07, 6.45) is 1.40. The van der Waals surface area contributed by atoms with E-state index >= 15 is 0 Å². The fraction of sp³-hybridized carbons (Fsp3) is 0.333. The lowest BCUT2D eigenvalue weighted by Gasteiger charge is -1.87. The van der Waals surface area contributed by atoms with Crippen LogP contribution in [0.15, 0.2) is 11.8 Å². The molecule has 0 bridgehead atoms. The number of allylic oxidation sites excluding steroid dienone is 2. The molecule has 3 heteroatoms. The van der Waals surface area contributed by atoms with E-state index in [4.69, 9.17) is 0 Å². The monoisotopic (exact) mass is 126 g/mol. The highest BCUT2D eigenvalue weighted by Crippen LogP contribution is 2.12.